The summed E-state index contributed by atoms with van der Waals surface area (Å²) in [5.41, 5.74) is -0.380. The van der Waals surface area contributed by atoms with Crippen LogP contribution in [0.3, 0.4) is 0 Å². The number of aromatic amines is 1. The highest BCUT2D eigenvalue weighted by molar-refractivity contribution is 7.71. The van der Waals surface area contributed by atoms with Gasteiger partial charge in [-0.05, 0) is 0 Å². The molecule has 0 aliphatic carbocycles. The summed E-state index contributed by atoms with van der Waals surface area (Å²) in [5, 5.41) is 10.6. The van der Waals surface area contributed by atoms with Crippen LogP contribution < -0.4 is 0 Å². The van der Waals surface area contributed by atoms with Crippen molar-refractivity contribution in [2.45, 2.75) is 6.18 Å². The second kappa shape index (κ2) is 3.52. The number of aromatic carboxylic acids is 1. The maximum atomic E-state index is 12.3. The van der Waals surface area contributed by atoms with Crippen LogP contribution in [0.4, 0.5) is 13.2 Å². The van der Waals surface area contributed by atoms with Gasteiger partial charge in [0.1, 0.15) is 10.2 Å². The molecule has 0 atom stereocenters. The van der Waals surface area contributed by atoms with Gasteiger partial charge in [0.25, 0.3) is 5.78 Å². The van der Waals surface area contributed by atoms with E-state index < -0.39 is 18.0 Å². The van der Waals surface area contributed by atoms with Crippen molar-refractivity contribution in [3.8, 4) is 0 Å². The van der Waals surface area contributed by atoms with E-state index in [1.807, 2.05) is 5.10 Å². The molecule has 0 fully saturated rings. The number of alkyl halides is 3. The number of halogens is 3. The SMILES string of the molecule is O=C(O)c1cnc2nc(C(F)(F)F)[nH]n2c1=S. The fourth-order valence-corrected chi connectivity index (χ4v) is 1.40. The van der Waals surface area contributed by atoms with Crippen molar-refractivity contribution in [3.63, 3.8) is 0 Å². The Morgan fingerprint density at radius 1 is 1.53 bits per heavy atom. The van der Waals surface area contributed by atoms with Gasteiger partial charge in [0, 0.05) is 6.20 Å². The maximum absolute atomic E-state index is 12.3. The molecule has 2 aromatic heterocycles. The van der Waals surface area contributed by atoms with Crippen LogP contribution in [-0.2, 0) is 6.18 Å². The number of hydrogen-bond acceptors (Lipinski definition) is 4. The molecule has 2 aromatic rings. The van der Waals surface area contributed by atoms with Crippen LogP contribution in [0.2, 0.25) is 0 Å². The smallest absolute Gasteiger partial charge is 0.451 e. The van der Waals surface area contributed by atoms with Gasteiger partial charge >= 0.3 is 12.1 Å². The molecule has 0 saturated carbocycles. The third kappa shape index (κ3) is 1.86. The molecule has 0 saturated heterocycles. The van der Waals surface area contributed by atoms with E-state index in [1.54, 1.807) is 0 Å². The lowest BCUT2D eigenvalue weighted by Crippen LogP contribution is -2.08. The van der Waals surface area contributed by atoms with E-state index >= 15 is 0 Å². The van der Waals surface area contributed by atoms with E-state index in [2.05, 4.69) is 9.97 Å². The van der Waals surface area contributed by atoms with Gasteiger partial charge in [-0.2, -0.15) is 18.2 Å². The Balaban J connectivity index is 2.75. The molecule has 2 heterocycles. The third-order valence-corrected chi connectivity index (χ3v) is 2.27. The van der Waals surface area contributed by atoms with Gasteiger partial charge in [-0.15, -0.1) is 0 Å². The highest BCUT2D eigenvalue weighted by Crippen LogP contribution is 2.26. The summed E-state index contributed by atoms with van der Waals surface area (Å²) in [7, 11) is 0. The first-order chi connectivity index (χ1) is 7.80. The number of carboxylic acid groups (broad SMARTS) is 1. The molecule has 2 N–H and O–H groups in total. The monoisotopic (exact) mass is 264 g/mol. The highest BCUT2D eigenvalue weighted by Gasteiger charge is 2.35. The van der Waals surface area contributed by atoms with Gasteiger partial charge in [0.15, 0.2) is 0 Å². The molecule has 6 nitrogen and oxygen atoms in total. The largest absolute Gasteiger partial charge is 0.478 e. The minimum atomic E-state index is -4.68. The molecule has 0 radical (unpaired) electrons. The lowest BCUT2D eigenvalue weighted by molar-refractivity contribution is -0.144. The van der Waals surface area contributed by atoms with Crippen LogP contribution in [0.5, 0.6) is 0 Å². The first-order valence-corrected chi connectivity index (χ1v) is 4.50. The average molecular weight is 264 g/mol. The first-order valence-electron chi connectivity index (χ1n) is 4.09. The Bertz CT molecular complexity index is 659. The molecule has 0 bridgehead atoms. The van der Waals surface area contributed by atoms with E-state index in [4.69, 9.17) is 17.3 Å². The number of hydrogen-bond donors (Lipinski definition) is 2. The third-order valence-electron chi connectivity index (χ3n) is 1.87. The Morgan fingerprint density at radius 3 is 2.71 bits per heavy atom. The number of H-pyrrole nitrogens is 1. The Kier molecular flexibility index (Phi) is 2.38. The van der Waals surface area contributed by atoms with Gasteiger partial charge < -0.3 is 5.11 Å². The number of fused-ring (bicyclic) bond motifs is 1. The van der Waals surface area contributed by atoms with E-state index in [0.717, 1.165) is 6.20 Å². The summed E-state index contributed by atoms with van der Waals surface area (Å²) < 4.78 is 37.4. The summed E-state index contributed by atoms with van der Waals surface area (Å²) >= 11 is 4.71. The standard InChI is InChI=1S/C7H3F3N4O2S/c8-7(9,10)5-12-6-11-1-2(4(15)16)3(17)14(6)13-5/h1H,(H,15,16)(H,11,12,13). The second-order valence-corrected chi connectivity index (χ2v) is 3.37. The molecule has 0 amide bonds. The fraction of sp³-hybridized carbons (Fsp3) is 0.143. The molecule has 17 heavy (non-hydrogen) atoms. The molecule has 0 aromatic carbocycles. The number of carboxylic acids is 1. The number of nitrogens with zero attached hydrogens (tertiary/aromatic N) is 3. The number of nitrogens with one attached hydrogen (secondary N) is 1. The quantitative estimate of drug-likeness (QED) is 0.763. The number of aromatic nitrogens is 4. The van der Waals surface area contributed by atoms with Crippen LogP contribution in [0, 0.1) is 4.64 Å². The Hall–Kier alpha value is -1.97. The zero-order chi connectivity index (χ0) is 12.8. The topological polar surface area (TPSA) is 83.3 Å². The molecule has 0 spiro atoms. The van der Waals surface area contributed by atoms with Crippen molar-refractivity contribution in [3.05, 3.63) is 22.2 Å². The average Bonchev–Trinajstić information content (AvgIpc) is 2.61. The molecular weight excluding hydrogens is 261 g/mol. The van der Waals surface area contributed by atoms with E-state index in [-0.39, 0.29) is 16.0 Å². The van der Waals surface area contributed by atoms with Gasteiger partial charge in [0.05, 0.1) is 0 Å². The van der Waals surface area contributed by atoms with Crippen molar-refractivity contribution in [2.75, 3.05) is 0 Å². The van der Waals surface area contributed by atoms with Crippen molar-refractivity contribution in [2.24, 2.45) is 0 Å². The normalized spacial score (nSPS) is 11.9. The summed E-state index contributed by atoms with van der Waals surface area (Å²) in [6.45, 7) is 0. The molecular formula is C7H3F3N4O2S. The summed E-state index contributed by atoms with van der Waals surface area (Å²) in [5.74, 6) is -3.01. The molecule has 0 aliphatic rings. The van der Waals surface area contributed by atoms with Crippen LogP contribution in [0.1, 0.15) is 16.2 Å². The van der Waals surface area contributed by atoms with Gasteiger partial charge in [-0.1, -0.05) is 12.2 Å². The Labute approximate surface area is 95.7 Å². The van der Waals surface area contributed by atoms with Crippen LogP contribution in [0.25, 0.3) is 5.78 Å². The van der Waals surface area contributed by atoms with E-state index in [0.29, 0.717) is 4.52 Å². The van der Waals surface area contributed by atoms with E-state index in [9.17, 15) is 18.0 Å². The zero-order valence-corrected chi connectivity index (χ0v) is 8.63. The Morgan fingerprint density at radius 2 is 2.18 bits per heavy atom. The fourth-order valence-electron chi connectivity index (χ4n) is 1.13. The lowest BCUT2D eigenvalue weighted by Gasteiger charge is -1.98. The number of rotatable bonds is 1. The first kappa shape index (κ1) is 11.5. The molecule has 90 valence electrons. The van der Waals surface area contributed by atoms with Crippen molar-refractivity contribution < 1.29 is 23.1 Å². The van der Waals surface area contributed by atoms with Gasteiger partial charge in [0.2, 0.25) is 5.82 Å². The summed E-state index contributed by atoms with van der Waals surface area (Å²) in [4.78, 5) is 17.3. The van der Waals surface area contributed by atoms with Gasteiger partial charge in [-0.25, -0.2) is 14.3 Å². The minimum Gasteiger partial charge on any atom is -0.478 e. The highest BCUT2D eigenvalue weighted by atomic mass is 32.1. The second-order valence-electron chi connectivity index (χ2n) is 2.99. The predicted molar refractivity (Wildman–Crippen MR) is 50.1 cm³/mol. The zero-order valence-electron chi connectivity index (χ0n) is 7.82. The van der Waals surface area contributed by atoms with Crippen LogP contribution >= 0.6 is 12.2 Å². The molecule has 0 aliphatic heterocycles. The van der Waals surface area contributed by atoms with Crippen LogP contribution in [0.15, 0.2) is 6.20 Å². The van der Waals surface area contributed by atoms with Crippen molar-refractivity contribution in [1.82, 2.24) is 19.6 Å². The van der Waals surface area contributed by atoms with Crippen LogP contribution in [-0.4, -0.2) is 30.7 Å². The minimum absolute atomic E-state index is 0.328. The van der Waals surface area contributed by atoms with Gasteiger partial charge in [-0.3, -0.25) is 5.10 Å². The predicted octanol–water partition coefficient (Wildman–Crippen LogP) is 1.50. The molecule has 10 heteroatoms. The summed E-state index contributed by atoms with van der Waals surface area (Å²) in [6.07, 6.45) is -3.82. The summed E-state index contributed by atoms with van der Waals surface area (Å²) in [6, 6.07) is 0. The molecule has 2 rings (SSSR count). The maximum Gasteiger partial charge on any atom is 0.451 e. The number of carbonyl (C=O) groups is 1. The lowest BCUT2D eigenvalue weighted by atomic mass is 10.3. The van der Waals surface area contributed by atoms with E-state index in [1.165, 1.54) is 0 Å². The molecule has 0 unspecified atom stereocenters. The van der Waals surface area contributed by atoms with Crippen molar-refractivity contribution >= 4 is 24.0 Å². The van der Waals surface area contributed by atoms with Crippen molar-refractivity contribution in [1.29, 1.82) is 0 Å².